The number of hydrogen-bond acceptors (Lipinski definition) is 1. The summed E-state index contributed by atoms with van der Waals surface area (Å²) in [4.78, 5) is 0. The van der Waals surface area contributed by atoms with Crippen LogP contribution in [0.5, 0.6) is 0 Å². The molecule has 1 aromatic carbocycles. The van der Waals surface area contributed by atoms with Gasteiger partial charge in [-0.15, -0.1) is 0 Å². The first kappa shape index (κ1) is 9.99. The molecule has 0 fully saturated rings. The van der Waals surface area contributed by atoms with Crippen molar-refractivity contribution in [2.75, 3.05) is 0 Å². The van der Waals surface area contributed by atoms with Gasteiger partial charge in [-0.1, -0.05) is 31.2 Å². The fourth-order valence-corrected chi connectivity index (χ4v) is 1.33. The monoisotopic (exact) mass is 194 g/mol. The highest BCUT2D eigenvalue weighted by atomic mass is 32.1. The molecule has 0 atom stereocenters. The molecule has 0 aromatic heterocycles. The summed E-state index contributed by atoms with van der Waals surface area (Å²) >= 11 is 4.74. The maximum atomic E-state index is 5.35. The maximum Gasteiger partial charge on any atom is 0.163 e. The SMILES string of the molecule is CCc1ccccc1CNC(N)=S. The zero-order valence-corrected chi connectivity index (χ0v) is 8.53. The minimum absolute atomic E-state index is 0.353. The van der Waals surface area contributed by atoms with Crippen molar-refractivity contribution in [3.8, 4) is 0 Å². The molecule has 0 bridgehead atoms. The number of nitrogens with one attached hydrogen (secondary N) is 1. The van der Waals surface area contributed by atoms with Gasteiger partial charge in [0.05, 0.1) is 0 Å². The lowest BCUT2D eigenvalue weighted by molar-refractivity contribution is 0.896. The molecule has 0 unspecified atom stereocenters. The van der Waals surface area contributed by atoms with Crippen LogP contribution in [0.25, 0.3) is 0 Å². The third-order valence-corrected chi connectivity index (χ3v) is 2.10. The quantitative estimate of drug-likeness (QED) is 0.717. The van der Waals surface area contributed by atoms with E-state index in [-0.39, 0.29) is 0 Å². The highest BCUT2D eigenvalue weighted by Crippen LogP contribution is 2.08. The molecule has 3 N–H and O–H groups in total. The molecule has 0 aliphatic heterocycles. The highest BCUT2D eigenvalue weighted by Gasteiger charge is 1.98. The Morgan fingerprint density at radius 2 is 2.00 bits per heavy atom. The third-order valence-electron chi connectivity index (χ3n) is 1.95. The van der Waals surface area contributed by atoms with Crippen molar-refractivity contribution in [2.24, 2.45) is 5.73 Å². The van der Waals surface area contributed by atoms with Gasteiger partial charge in [0.1, 0.15) is 0 Å². The summed E-state index contributed by atoms with van der Waals surface area (Å²) in [5.41, 5.74) is 7.95. The van der Waals surface area contributed by atoms with Gasteiger partial charge >= 0.3 is 0 Å². The first-order chi connectivity index (χ1) is 6.24. The molecule has 0 radical (unpaired) electrons. The van der Waals surface area contributed by atoms with Gasteiger partial charge in [-0.25, -0.2) is 0 Å². The van der Waals surface area contributed by atoms with Crippen molar-refractivity contribution in [1.29, 1.82) is 0 Å². The predicted octanol–water partition coefficient (Wildman–Crippen LogP) is 1.58. The molecular weight excluding hydrogens is 180 g/mol. The largest absolute Gasteiger partial charge is 0.376 e. The van der Waals surface area contributed by atoms with Crippen LogP contribution in [0.2, 0.25) is 0 Å². The molecule has 70 valence electrons. The summed E-state index contributed by atoms with van der Waals surface area (Å²) in [6, 6.07) is 8.28. The number of rotatable bonds is 3. The van der Waals surface area contributed by atoms with Crippen molar-refractivity contribution < 1.29 is 0 Å². The summed E-state index contributed by atoms with van der Waals surface area (Å²) in [5, 5.41) is 3.30. The summed E-state index contributed by atoms with van der Waals surface area (Å²) in [5.74, 6) is 0. The Morgan fingerprint density at radius 3 is 2.54 bits per heavy atom. The van der Waals surface area contributed by atoms with Crippen LogP contribution < -0.4 is 11.1 Å². The summed E-state index contributed by atoms with van der Waals surface area (Å²) in [6.07, 6.45) is 1.04. The summed E-state index contributed by atoms with van der Waals surface area (Å²) < 4.78 is 0. The first-order valence-electron chi connectivity index (χ1n) is 4.34. The summed E-state index contributed by atoms with van der Waals surface area (Å²) in [6.45, 7) is 2.86. The number of aryl methyl sites for hydroxylation is 1. The fraction of sp³-hybridized carbons (Fsp3) is 0.300. The average molecular weight is 194 g/mol. The van der Waals surface area contributed by atoms with Gasteiger partial charge in [0.25, 0.3) is 0 Å². The van der Waals surface area contributed by atoms with E-state index in [1.165, 1.54) is 11.1 Å². The van der Waals surface area contributed by atoms with Crippen LogP contribution in [0.1, 0.15) is 18.1 Å². The zero-order valence-electron chi connectivity index (χ0n) is 7.71. The predicted molar refractivity (Wildman–Crippen MR) is 59.4 cm³/mol. The van der Waals surface area contributed by atoms with Crippen molar-refractivity contribution >= 4 is 17.3 Å². The standard InChI is InChI=1S/C10H14N2S/c1-2-8-5-3-4-6-9(8)7-12-10(11)13/h3-6H,2,7H2,1H3,(H3,11,12,13). The van der Waals surface area contributed by atoms with Crippen LogP contribution in [0.4, 0.5) is 0 Å². The summed E-state index contributed by atoms with van der Waals surface area (Å²) in [7, 11) is 0. The van der Waals surface area contributed by atoms with Gasteiger partial charge in [0.2, 0.25) is 0 Å². The van der Waals surface area contributed by atoms with Crippen molar-refractivity contribution in [3.05, 3.63) is 35.4 Å². The van der Waals surface area contributed by atoms with E-state index in [9.17, 15) is 0 Å². The van der Waals surface area contributed by atoms with Gasteiger partial charge in [0, 0.05) is 6.54 Å². The highest BCUT2D eigenvalue weighted by molar-refractivity contribution is 7.80. The average Bonchev–Trinajstić information content (AvgIpc) is 2.15. The Hall–Kier alpha value is -1.09. The molecule has 0 spiro atoms. The molecule has 0 saturated carbocycles. The van der Waals surface area contributed by atoms with E-state index < -0.39 is 0 Å². The van der Waals surface area contributed by atoms with Gasteiger partial charge < -0.3 is 11.1 Å². The van der Waals surface area contributed by atoms with E-state index in [0.717, 1.165) is 13.0 Å². The normalized spacial score (nSPS) is 9.62. The first-order valence-corrected chi connectivity index (χ1v) is 4.75. The minimum atomic E-state index is 0.353. The number of benzene rings is 1. The van der Waals surface area contributed by atoms with Crippen LogP contribution in [-0.4, -0.2) is 5.11 Å². The van der Waals surface area contributed by atoms with E-state index in [1.807, 2.05) is 12.1 Å². The molecule has 0 aliphatic carbocycles. The lowest BCUT2D eigenvalue weighted by Crippen LogP contribution is -2.28. The molecular formula is C10H14N2S. The Labute approximate surface area is 84.1 Å². The lowest BCUT2D eigenvalue weighted by atomic mass is 10.1. The van der Waals surface area contributed by atoms with Gasteiger partial charge in [-0.05, 0) is 29.8 Å². The number of nitrogens with two attached hydrogens (primary N) is 1. The Kier molecular flexibility index (Phi) is 3.71. The topological polar surface area (TPSA) is 38.0 Å². The number of thiocarbonyl (C=S) groups is 1. The molecule has 3 heteroatoms. The van der Waals surface area contributed by atoms with E-state index >= 15 is 0 Å². The van der Waals surface area contributed by atoms with E-state index in [2.05, 4.69) is 24.4 Å². The van der Waals surface area contributed by atoms with E-state index in [0.29, 0.717) is 5.11 Å². The van der Waals surface area contributed by atoms with Crippen LogP contribution in [0.3, 0.4) is 0 Å². The Bertz CT molecular complexity index is 297. The fourth-order valence-electron chi connectivity index (χ4n) is 1.26. The number of hydrogen-bond donors (Lipinski definition) is 2. The Morgan fingerprint density at radius 1 is 1.38 bits per heavy atom. The minimum Gasteiger partial charge on any atom is -0.376 e. The van der Waals surface area contributed by atoms with Crippen LogP contribution >= 0.6 is 12.2 Å². The van der Waals surface area contributed by atoms with Gasteiger partial charge in [-0.2, -0.15) is 0 Å². The molecule has 0 aliphatic rings. The smallest absolute Gasteiger partial charge is 0.163 e. The molecule has 0 amide bonds. The maximum absolute atomic E-state index is 5.35. The second-order valence-corrected chi connectivity index (χ2v) is 3.28. The molecule has 0 saturated heterocycles. The van der Waals surface area contributed by atoms with Gasteiger partial charge in [0.15, 0.2) is 5.11 Å². The van der Waals surface area contributed by atoms with Crippen LogP contribution in [0.15, 0.2) is 24.3 Å². The zero-order chi connectivity index (χ0) is 9.68. The Balaban J connectivity index is 2.69. The molecule has 0 heterocycles. The van der Waals surface area contributed by atoms with Crippen LogP contribution in [0, 0.1) is 0 Å². The van der Waals surface area contributed by atoms with E-state index in [4.69, 9.17) is 18.0 Å². The second-order valence-electron chi connectivity index (χ2n) is 2.84. The van der Waals surface area contributed by atoms with Crippen LogP contribution in [-0.2, 0) is 13.0 Å². The van der Waals surface area contributed by atoms with Crippen molar-refractivity contribution in [2.45, 2.75) is 19.9 Å². The van der Waals surface area contributed by atoms with E-state index in [1.54, 1.807) is 0 Å². The van der Waals surface area contributed by atoms with Crippen molar-refractivity contribution in [1.82, 2.24) is 5.32 Å². The van der Waals surface area contributed by atoms with Gasteiger partial charge in [-0.3, -0.25) is 0 Å². The third kappa shape index (κ3) is 3.03. The molecule has 2 nitrogen and oxygen atoms in total. The molecule has 1 aromatic rings. The molecule has 1 rings (SSSR count). The van der Waals surface area contributed by atoms with Crippen molar-refractivity contribution in [3.63, 3.8) is 0 Å². The molecule has 13 heavy (non-hydrogen) atoms. The lowest BCUT2D eigenvalue weighted by Gasteiger charge is -2.08. The second kappa shape index (κ2) is 4.82.